The van der Waals surface area contributed by atoms with Gasteiger partial charge in [-0.25, -0.2) is 0 Å². The Labute approximate surface area is 201 Å². The van der Waals surface area contributed by atoms with Crippen LogP contribution in [0.3, 0.4) is 0 Å². The van der Waals surface area contributed by atoms with Gasteiger partial charge in [-0.05, 0) is 55.2 Å². The topological polar surface area (TPSA) is 74.5 Å². The Bertz CT molecular complexity index is 1060. The number of carbonyl (C=O) groups is 1. The Balaban J connectivity index is 1.29. The number of hydrogen-bond acceptors (Lipinski definition) is 7. The third-order valence-corrected chi connectivity index (χ3v) is 7.16. The van der Waals surface area contributed by atoms with Gasteiger partial charge < -0.3 is 19.6 Å². The van der Waals surface area contributed by atoms with Gasteiger partial charge in [0.1, 0.15) is 4.88 Å². The molecule has 170 valence electrons. The summed E-state index contributed by atoms with van der Waals surface area (Å²) < 4.78 is 5.38. The smallest absolute Gasteiger partial charge is 0.269 e. The number of likely N-dealkylation sites (N-methyl/N-ethyl adjacent to an activating group) is 1. The van der Waals surface area contributed by atoms with Crippen LogP contribution in [0.2, 0.25) is 10.0 Å². The lowest BCUT2D eigenvalue weighted by Gasteiger charge is -2.32. The van der Waals surface area contributed by atoms with Gasteiger partial charge in [0.15, 0.2) is 0 Å². The maximum Gasteiger partial charge on any atom is 0.269 e. The van der Waals surface area contributed by atoms with Gasteiger partial charge in [-0.15, -0.1) is 11.3 Å². The van der Waals surface area contributed by atoms with E-state index in [4.69, 9.17) is 27.7 Å². The second-order valence-electron chi connectivity index (χ2n) is 7.79. The zero-order valence-electron chi connectivity index (χ0n) is 17.8. The van der Waals surface area contributed by atoms with Crippen LogP contribution in [0.15, 0.2) is 34.2 Å². The molecular weight excluding hydrogens is 469 g/mol. The lowest BCUT2D eigenvalue weighted by molar-refractivity contribution is -0.132. The van der Waals surface area contributed by atoms with Gasteiger partial charge in [0, 0.05) is 49.7 Å². The van der Waals surface area contributed by atoms with E-state index >= 15 is 0 Å². The Morgan fingerprint density at radius 1 is 1.19 bits per heavy atom. The van der Waals surface area contributed by atoms with Gasteiger partial charge in [-0.2, -0.15) is 4.98 Å². The molecule has 0 bridgehead atoms. The van der Waals surface area contributed by atoms with E-state index in [1.54, 1.807) is 6.07 Å². The van der Waals surface area contributed by atoms with Crippen molar-refractivity contribution in [2.24, 2.45) is 0 Å². The number of thiophene rings is 1. The van der Waals surface area contributed by atoms with Gasteiger partial charge in [-0.3, -0.25) is 4.79 Å². The summed E-state index contributed by atoms with van der Waals surface area (Å²) in [7, 11) is 2.09. The third-order valence-electron chi connectivity index (χ3n) is 5.46. The highest BCUT2D eigenvalue weighted by molar-refractivity contribution is 7.14. The Kier molecular flexibility index (Phi) is 7.80. The number of halogens is 2. The molecule has 0 spiro atoms. The molecule has 1 saturated heterocycles. The molecular formula is C22H25Cl2N5O2S. The van der Waals surface area contributed by atoms with Crippen LogP contribution in [0.4, 0.5) is 0 Å². The molecule has 1 aromatic carbocycles. The minimum atomic E-state index is 0.235. The molecule has 0 saturated carbocycles. The van der Waals surface area contributed by atoms with Gasteiger partial charge in [0.25, 0.3) is 5.89 Å². The van der Waals surface area contributed by atoms with E-state index in [2.05, 4.69) is 27.4 Å². The monoisotopic (exact) mass is 493 g/mol. The van der Waals surface area contributed by atoms with Gasteiger partial charge in [-0.1, -0.05) is 28.4 Å². The van der Waals surface area contributed by atoms with Crippen LogP contribution < -0.4 is 5.32 Å². The number of amides is 1. The zero-order valence-corrected chi connectivity index (χ0v) is 20.1. The Morgan fingerprint density at radius 3 is 2.75 bits per heavy atom. The van der Waals surface area contributed by atoms with Crippen molar-refractivity contribution >= 4 is 40.4 Å². The summed E-state index contributed by atoms with van der Waals surface area (Å²) in [4.78, 5) is 21.8. The highest BCUT2D eigenvalue weighted by atomic mass is 35.5. The van der Waals surface area contributed by atoms with Gasteiger partial charge in [0.05, 0.1) is 5.02 Å². The summed E-state index contributed by atoms with van der Waals surface area (Å²) in [5.41, 5.74) is 1.76. The fourth-order valence-corrected chi connectivity index (χ4v) is 4.77. The van der Waals surface area contributed by atoms with E-state index in [0.29, 0.717) is 34.7 Å². The molecule has 1 aliphatic heterocycles. The summed E-state index contributed by atoms with van der Waals surface area (Å²) in [6.45, 7) is 4.87. The van der Waals surface area contributed by atoms with E-state index in [9.17, 15) is 4.79 Å². The summed E-state index contributed by atoms with van der Waals surface area (Å²) in [6, 6.07) is 7.45. The number of nitrogens with one attached hydrogen (secondary N) is 1. The first-order valence-electron chi connectivity index (χ1n) is 10.5. The van der Waals surface area contributed by atoms with Gasteiger partial charge >= 0.3 is 0 Å². The maximum atomic E-state index is 12.3. The van der Waals surface area contributed by atoms with Crippen LogP contribution in [0.25, 0.3) is 22.2 Å². The average molecular weight is 494 g/mol. The van der Waals surface area contributed by atoms with Gasteiger partial charge in [0.2, 0.25) is 11.7 Å². The second-order valence-corrected chi connectivity index (χ2v) is 9.52. The first-order chi connectivity index (χ1) is 15.5. The minimum absolute atomic E-state index is 0.235. The number of piperazine rings is 1. The van der Waals surface area contributed by atoms with Crippen molar-refractivity contribution in [1.29, 1.82) is 0 Å². The summed E-state index contributed by atoms with van der Waals surface area (Å²) in [5.74, 6) is 1.12. The molecule has 3 heterocycles. The van der Waals surface area contributed by atoms with Crippen molar-refractivity contribution in [3.8, 4) is 22.2 Å². The highest BCUT2D eigenvalue weighted by Crippen LogP contribution is 2.33. The third kappa shape index (κ3) is 5.68. The fourth-order valence-electron chi connectivity index (χ4n) is 3.53. The molecule has 1 fully saturated rings. The molecule has 32 heavy (non-hydrogen) atoms. The molecule has 3 aromatic rings. The average Bonchev–Trinajstić information content (AvgIpc) is 3.44. The van der Waals surface area contributed by atoms with Crippen LogP contribution in [0.5, 0.6) is 0 Å². The molecule has 4 rings (SSSR count). The molecule has 0 atom stereocenters. The number of carbonyl (C=O) groups excluding carboxylic acids is 1. The Morgan fingerprint density at radius 2 is 2.00 bits per heavy atom. The first-order valence-corrected chi connectivity index (χ1v) is 12.2. The highest BCUT2D eigenvalue weighted by Gasteiger charge is 2.18. The lowest BCUT2D eigenvalue weighted by atomic mass is 10.1. The fraction of sp³-hybridized carbons (Fsp3) is 0.409. The summed E-state index contributed by atoms with van der Waals surface area (Å²) in [5, 5.41) is 10.6. The maximum absolute atomic E-state index is 12.3. The number of nitrogens with zero attached hydrogens (tertiary/aromatic N) is 4. The normalized spacial score (nSPS) is 14.8. The zero-order chi connectivity index (χ0) is 22.5. The van der Waals surface area contributed by atoms with Crippen molar-refractivity contribution in [3.63, 3.8) is 0 Å². The quantitative estimate of drug-likeness (QED) is 0.468. The Hall–Kier alpha value is -1.97. The molecule has 7 nitrogen and oxygen atoms in total. The molecule has 0 radical (unpaired) electrons. The molecule has 0 unspecified atom stereocenters. The first kappa shape index (κ1) is 23.2. The van der Waals surface area contributed by atoms with E-state index < -0.39 is 0 Å². The standard InChI is InChI=1S/C22H25Cl2N5O2S/c1-28-8-10-29(11-9-28)19(30)3-2-7-25-14-16-13-15(4-5-17(16)23)21-26-22(31-27-21)20-18(24)6-12-32-20/h4-6,12-13,25H,2-3,7-11,14H2,1H3. The van der Waals surface area contributed by atoms with E-state index in [1.165, 1.54) is 11.3 Å². The van der Waals surface area contributed by atoms with E-state index in [1.807, 2.05) is 28.5 Å². The van der Waals surface area contributed by atoms with Crippen molar-refractivity contribution in [2.75, 3.05) is 39.8 Å². The van der Waals surface area contributed by atoms with E-state index in [-0.39, 0.29) is 5.91 Å². The number of rotatable bonds is 8. The van der Waals surface area contributed by atoms with Crippen LogP contribution in [0, 0.1) is 0 Å². The molecule has 1 N–H and O–H groups in total. The largest absolute Gasteiger partial charge is 0.340 e. The van der Waals surface area contributed by atoms with Crippen LogP contribution in [-0.2, 0) is 11.3 Å². The van der Waals surface area contributed by atoms with Crippen LogP contribution in [0.1, 0.15) is 18.4 Å². The molecule has 2 aromatic heterocycles. The summed E-state index contributed by atoms with van der Waals surface area (Å²) in [6.07, 6.45) is 1.35. The van der Waals surface area contributed by atoms with E-state index in [0.717, 1.165) is 55.1 Å². The minimum Gasteiger partial charge on any atom is -0.340 e. The predicted molar refractivity (Wildman–Crippen MR) is 128 cm³/mol. The molecule has 10 heteroatoms. The predicted octanol–water partition coefficient (Wildman–Crippen LogP) is 4.42. The number of benzene rings is 1. The van der Waals surface area contributed by atoms with Crippen LogP contribution in [-0.4, -0.2) is 65.6 Å². The van der Waals surface area contributed by atoms with Crippen molar-refractivity contribution < 1.29 is 9.32 Å². The molecule has 0 aliphatic carbocycles. The summed E-state index contributed by atoms with van der Waals surface area (Å²) >= 11 is 14.0. The van der Waals surface area contributed by atoms with Crippen molar-refractivity contribution in [2.45, 2.75) is 19.4 Å². The van der Waals surface area contributed by atoms with Crippen molar-refractivity contribution in [1.82, 2.24) is 25.3 Å². The SMILES string of the molecule is CN1CCN(C(=O)CCCNCc2cc(-c3noc(-c4sccc4Cl)n3)ccc2Cl)CC1. The van der Waals surface area contributed by atoms with Crippen LogP contribution >= 0.6 is 34.5 Å². The molecule has 1 amide bonds. The number of hydrogen-bond donors (Lipinski definition) is 1. The molecule has 1 aliphatic rings. The van der Waals surface area contributed by atoms with Crippen molar-refractivity contribution in [3.05, 3.63) is 45.3 Å². The lowest BCUT2D eigenvalue weighted by Crippen LogP contribution is -2.47. The second kappa shape index (κ2) is 10.8. The number of aromatic nitrogens is 2.